The number of nitrogens with one attached hydrogen (secondary N) is 2. The lowest BCUT2D eigenvalue weighted by Crippen LogP contribution is -2.57. The molecule has 0 bridgehead atoms. The minimum absolute atomic E-state index is 0.106. The topological polar surface area (TPSA) is 95.6 Å². The van der Waals surface area contributed by atoms with E-state index in [-0.39, 0.29) is 40.7 Å². The Labute approximate surface area is 165 Å². The second-order valence-corrected chi connectivity index (χ2v) is 8.21. The minimum atomic E-state index is -1.02. The number of hydrazine groups is 1. The Hall–Kier alpha value is -2.70. The van der Waals surface area contributed by atoms with Gasteiger partial charge in [-0.3, -0.25) is 34.9 Å². The highest BCUT2D eigenvalue weighted by atomic mass is 16.2. The smallest absolute Gasteiger partial charge is 0.262 e. The van der Waals surface area contributed by atoms with Crippen LogP contribution in [0.5, 0.6) is 0 Å². The van der Waals surface area contributed by atoms with Gasteiger partial charge >= 0.3 is 0 Å². The predicted octanol–water partition coefficient (Wildman–Crippen LogP) is 2.38. The number of rotatable bonds is 6. The number of amides is 4. The minimum Gasteiger partial charge on any atom is -0.273 e. The Bertz CT molecular complexity index is 743. The first-order chi connectivity index (χ1) is 13.1. The first kappa shape index (κ1) is 21.6. The molecular formula is C21H29N3O4. The van der Waals surface area contributed by atoms with Gasteiger partial charge < -0.3 is 0 Å². The average Bonchev–Trinajstić information content (AvgIpc) is 2.85. The van der Waals surface area contributed by atoms with E-state index in [1.165, 1.54) is 0 Å². The molecular weight excluding hydrogens is 358 g/mol. The van der Waals surface area contributed by atoms with Gasteiger partial charge in [-0.2, -0.15) is 0 Å². The van der Waals surface area contributed by atoms with Crippen LogP contribution >= 0.6 is 0 Å². The highest BCUT2D eigenvalue weighted by Gasteiger charge is 2.44. The molecule has 2 N–H and O–H groups in total. The van der Waals surface area contributed by atoms with Crippen molar-refractivity contribution in [3.8, 4) is 0 Å². The zero-order chi connectivity index (χ0) is 21.2. The molecule has 0 saturated carbocycles. The SMILES string of the molecule is CC(C)C(C(=O)NNC(=O)C(C(C)C)N1C(=O)c2ccccc2C1=O)C(C)C. The molecule has 0 fully saturated rings. The number of carbonyl (C=O) groups excluding carboxylic acids is 4. The van der Waals surface area contributed by atoms with Gasteiger partial charge in [0.2, 0.25) is 5.91 Å². The van der Waals surface area contributed by atoms with Crippen molar-refractivity contribution >= 4 is 23.6 Å². The molecule has 7 nitrogen and oxygen atoms in total. The Morgan fingerprint density at radius 3 is 1.57 bits per heavy atom. The summed E-state index contributed by atoms with van der Waals surface area (Å²) >= 11 is 0. The highest BCUT2D eigenvalue weighted by molar-refractivity contribution is 6.22. The summed E-state index contributed by atoms with van der Waals surface area (Å²) in [6.07, 6.45) is 0. The van der Waals surface area contributed by atoms with Crippen LogP contribution < -0.4 is 10.9 Å². The van der Waals surface area contributed by atoms with Crippen molar-refractivity contribution < 1.29 is 19.2 Å². The number of carbonyl (C=O) groups is 4. The Balaban J connectivity index is 2.17. The van der Waals surface area contributed by atoms with E-state index in [0.29, 0.717) is 0 Å². The lowest BCUT2D eigenvalue weighted by atomic mass is 9.85. The molecule has 1 heterocycles. The summed E-state index contributed by atoms with van der Waals surface area (Å²) in [6, 6.07) is 5.47. The van der Waals surface area contributed by atoms with Crippen LogP contribution in [-0.2, 0) is 9.59 Å². The van der Waals surface area contributed by atoms with E-state index in [0.717, 1.165) is 4.90 Å². The van der Waals surface area contributed by atoms with Crippen LogP contribution in [0.25, 0.3) is 0 Å². The van der Waals surface area contributed by atoms with Gasteiger partial charge in [0.1, 0.15) is 6.04 Å². The molecule has 0 aliphatic carbocycles. The van der Waals surface area contributed by atoms with Crippen molar-refractivity contribution in [3.63, 3.8) is 0 Å². The van der Waals surface area contributed by atoms with Gasteiger partial charge in [0.05, 0.1) is 11.1 Å². The Morgan fingerprint density at radius 1 is 0.750 bits per heavy atom. The van der Waals surface area contributed by atoms with E-state index < -0.39 is 23.8 Å². The fourth-order valence-electron chi connectivity index (χ4n) is 3.83. The third-order valence-corrected chi connectivity index (χ3v) is 5.05. The monoisotopic (exact) mass is 387 g/mol. The van der Waals surface area contributed by atoms with Crippen molar-refractivity contribution in [3.05, 3.63) is 35.4 Å². The maximum Gasteiger partial charge on any atom is 0.262 e. The zero-order valence-corrected chi connectivity index (χ0v) is 17.3. The number of imide groups is 1. The Kier molecular flexibility index (Phi) is 6.59. The van der Waals surface area contributed by atoms with Crippen LogP contribution in [0, 0.1) is 23.7 Å². The van der Waals surface area contributed by atoms with Gasteiger partial charge in [0.15, 0.2) is 0 Å². The molecule has 0 radical (unpaired) electrons. The normalized spacial score (nSPS) is 14.9. The fraction of sp³-hybridized carbons (Fsp3) is 0.524. The van der Waals surface area contributed by atoms with Gasteiger partial charge in [-0.15, -0.1) is 0 Å². The van der Waals surface area contributed by atoms with Crippen molar-refractivity contribution in [1.29, 1.82) is 0 Å². The number of benzene rings is 1. The molecule has 1 aliphatic rings. The van der Waals surface area contributed by atoms with E-state index in [9.17, 15) is 19.2 Å². The van der Waals surface area contributed by atoms with Gasteiger partial charge in [-0.05, 0) is 29.9 Å². The predicted molar refractivity (Wildman–Crippen MR) is 105 cm³/mol. The molecule has 28 heavy (non-hydrogen) atoms. The third kappa shape index (κ3) is 4.08. The molecule has 0 spiro atoms. The van der Waals surface area contributed by atoms with Crippen LogP contribution in [0.4, 0.5) is 0 Å². The van der Waals surface area contributed by atoms with E-state index >= 15 is 0 Å². The van der Waals surface area contributed by atoms with Crippen LogP contribution in [0.1, 0.15) is 62.3 Å². The van der Waals surface area contributed by atoms with Crippen LogP contribution in [-0.4, -0.2) is 34.6 Å². The second kappa shape index (κ2) is 8.54. The van der Waals surface area contributed by atoms with E-state index in [2.05, 4.69) is 10.9 Å². The zero-order valence-electron chi connectivity index (χ0n) is 17.3. The summed E-state index contributed by atoms with van der Waals surface area (Å²) < 4.78 is 0. The fourth-order valence-corrected chi connectivity index (χ4v) is 3.83. The summed E-state index contributed by atoms with van der Waals surface area (Å²) in [5.74, 6) is -2.26. The first-order valence-corrected chi connectivity index (χ1v) is 9.64. The van der Waals surface area contributed by atoms with Gasteiger partial charge in [0, 0.05) is 5.92 Å². The molecule has 1 aliphatic heterocycles. The van der Waals surface area contributed by atoms with E-state index in [1.54, 1.807) is 38.1 Å². The summed E-state index contributed by atoms with van der Waals surface area (Å²) in [7, 11) is 0. The third-order valence-electron chi connectivity index (χ3n) is 5.05. The van der Waals surface area contributed by atoms with Crippen molar-refractivity contribution in [2.24, 2.45) is 23.7 Å². The first-order valence-electron chi connectivity index (χ1n) is 9.64. The maximum atomic E-state index is 12.8. The lowest BCUT2D eigenvalue weighted by molar-refractivity contribution is -0.135. The van der Waals surface area contributed by atoms with Gasteiger partial charge in [-0.25, -0.2) is 0 Å². The summed E-state index contributed by atoms with van der Waals surface area (Å²) in [4.78, 5) is 51.7. The summed E-state index contributed by atoms with van der Waals surface area (Å²) in [6.45, 7) is 11.3. The van der Waals surface area contributed by atoms with E-state index in [1.807, 2.05) is 27.7 Å². The molecule has 2 rings (SSSR count). The largest absolute Gasteiger partial charge is 0.273 e. The van der Waals surface area contributed by atoms with Crippen molar-refractivity contribution in [2.45, 2.75) is 47.6 Å². The molecule has 1 aromatic carbocycles. The summed E-state index contributed by atoms with van der Waals surface area (Å²) in [5.41, 5.74) is 5.45. The van der Waals surface area contributed by atoms with Gasteiger partial charge in [-0.1, -0.05) is 53.7 Å². The van der Waals surface area contributed by atoms with Crippen molar-refractivity contribution in [2.75, 3.05) is 0 Å². The van der Waals surface area contributed by atoms with Crippen LogP contribution in [0.3, 0.4) is 0 Å². The second-order valence-electron chi connectivity index (χ2n) is 8.21. The standard InChI is InChI=1S/C21H29N3O4/c1-11(2)16(12(3)4)18(25)22-23-19(26)17(13(5)6)24-20(27)14-9-7-8-10-15(14)21(24)28/h7-13,16-17H,1-6H3,(H,22,25)(H,23,26). The number of hydrogen-bond acceptors (Lipinski definition) is 4. The molecule has 7 heteroatoms. The van der Waals surface area contributed by atoms with Gasteiger partial charge in [0.25, 0.3) is 17.7 Å². The highest BCUT2D eigenvalue weighted by Crippen LogP contribution is 2.27. The molecule has 152 valence electrons. The molecule has 0 aromatic heterocycles. The number of nitrogens with zero attached hydrogens (tertiary/aromatic N) is 1. The Morgan fingerprint density at radius 2 is 1.18 bits per heavy atom. The molecule has 1 unspecified atom stereocenters. The van der Waals surface area contributed by atoms with Crippen molar-refractivity contribution in [1.82, 2.24) is 15.8 Å². The summed E-state index contributed by atoms with van der Waals surface area (Å²) in [5, 5.41) is 0. The molecule has 0 saturated heterocycles. The number of fused-ring (bicyclic) bond motifs is 1. The van der Waals surface area contributed by atoms with Crippen LogP contribution in [0.15, 0.2) is 24.3 Å². The molecule has 4 amide bonds. The molecule has 1 aromatic rings. The quantitative estimate of drug-likeness (QED) is 0.579. The average molecular weight is 387 g/mol. The molecule has 1 atom stereocenters. The lowest BCUT2D eigenvalue weighted by Gasteiger charge is -2.29. The maximum absolute atomic E-state index is 12.8. The van der Waals surface area contributed by atoms with Crippen LogP contribution in [0.2, 0.25) is 0 Å². The van der Waals surface area contributed by atoms with E-state index in [4.69, 9.17) is 0 Å². The number of hydrogen-bond donors (Lipinski definition) is 2.